The van der Waals surface area contributed by atoms with Crippen LogP contribution in [0.2, 0.25) is 0 Å². The fourth-order valence-electron chi connectivity index (χ4n) is 4.51. The van der Waals surface area contributed by atoms with E-state index in [-0.39, 0.29) is 33.8 Å². The van der Waals surface area contributed by atoms with Gasteiger partial charge in [0.05, 0.1) is 35.2 Å². The molecule has 2 aromatic carbocycles. The molecule has 39 heavy (non-hydrogen) atoms. The molecule has 1 fully saturated rings. The third kappa shape index (κ3) is 5.54. The second-order valence-corrected chi connectivity index (χ2v) is 12.1. The lowest BCUT2D eigenvalue weighted by Crippen LogP contribution is -2.31. The standard InChI is InChI=1S/C31H36O8/c1-8-31(36-16-17-37-31)15-14-18-12-13-20-23(26(18)39-28(35)30(5,6)7)25(33)22-19(24(20)32)10-9-11-21(22)38-27(34)29(2,3)4/h9-13H,8,14-17H2,1-7H3. The summed E-state index contributed by atoms with van der Waals surface area (Å²) in [5, 5.41) is 0. The van der Waals surface area contributed by atoms with Gasteiger partial charge in [0.1, 0.15) is 11.5 Å². The number of hydrogen-bond donors (Lipinski definition) is 0. The molecule has 0 amide bonds. The van der Waals surface area contributed by atoms with Gasteiger partial charge >= 0.3 is 11.9 Å². The van der Waals surface area contributed by atoms with Crippen LogP contribution < -0.4 is 9.47 Å². The Hall–Kier alpha value is -3.36. The molecule has 0 spiro atoms. The molecule has 1 aliphatic carbocycles. The number of benzene rings is 2. The highest BCUT2D eigenvalue weighted by molar-refractivity contribution is 6.30. The van der Waals surface area contributed by atoms with Crippen LogP contribution in [0.3, 0.4) is 0 Å². The second kappa shape index (κ2) is 10.3. The van der Waals surface area contributed by atoms with E-state index in [0.717, 1.165) is 0 Å². The van der Waals surface area contributed by atoms with Gasteiger partial charge in [-0.15, -0.1) is 0 Å². The molecule has 0 radical (unpaired) electrons. The van der Waals surface area contributed by atoms with Crippen LogP contribution in [0.4, 0.5) is 0 Å². The smallest absolute Gasteiger partial charge is 0.316 e. The van der Waals surface area contributed by atoms with Crippen molar-refractivity contribution >= 4 is 23.5 Å². The predicted molar refractivity (Wildman–Crippen MR) is 143 cm³/mol. The van der Waals surface area contributed by atoms with Gasteiger partial charge in [0.25, 0.3) is 0 Å². The molecular weight excluding hydrogens is 500 g/mol. The summed E-state index contributed by atoms with van der Waals surface area (Å²) in [6.45, 7) is 13.2. The number of carbonyl (C=O) groups excluding carboxylic acids is 4. The van der Waals surface area contributed by atoms with E-state index in [2.05, 4.69) is 0 Å². The Morgan fingerprint density at radius 2 is 1.41 bits per heavy atom. The maximum Gasteiger partial charge on any atom is 0.316 e. The van der Waals surface area contributed by atoms with Gasteiger partial charge in [0, 0.05) is 17.5 Å². The summed E-state index contributed by atoms with van der Waals surface area (Å²) in [6.07, 6.45) is 1.47. The topological polar surface area (TPSA) is 105 Å². The average molecular weight is 537 g/mol. The molecule has 8 nitrogen and oxygen atoms in total. The Labute approximate surface area is 229 Å². The van der Waals surface area contributed by atoms with Crippen LogP contribution in [0.25, 0.3) is 0 Å². The Morgan fingerprint density at radius 1 is 0.821 bits per heavy atom. The lowest BCUT2D eigenvalue weighted by molar-refractivity contribution is -0.163. The van der Waals surface area contributed by atoms with Crippen molar-refractivity contribution in [2.75, 3.05) is 13.2 Å². The third-order valence-electron chi connectivity index (χ3n) is 6.96. The van der Waals surface area contributed by atoms with E-state index < -0.39 is 40.1 Å². The number of rotatable bonds is 6. The van der Waals surface area contributed by atoms with Crippen molar-refractivity contribution in [2.24, 2.45) is 10.8 Å². The van der Waals surface area contributed by atoms with Gasteiger partial charge in [0.2, 0.25) is 5.78 Å². The van der Waals surface area contributed by atoms with Crippen LogP contribution in [0.1, 0.15) is 98.7 Å². The predicted octanol–water partition coefficient (Wildman–Crippen LogP) is 5.45. The minimum atomic E-state index is -0.866. The molecule has 2 aliphatic rings. The summed E-state index contributed by atoms with van der Waals surface area (Å²) in [7, 11) is 0. The molecule has 208 valence electrons. The molecule has 2 aromatic rings. The van der Waals surface area contributed by atoms with Gasteiger partial charge in [-0.2, -0.15) is 0 Å². The van der Waals surface area contributed by atoms with E-state index in [0.29, 0.717) is 38.0 Å². The molecule has 0 aromatic heterocycles. The SMILES string of the molecule is CCC1(CCc2ccc3c(c2OC(=O)C(C)(C)C)C(=O)c2c(OC(=O)C(C)(C)C)cccc2C3=O)OCCO1. The number of hydrogen-bond acceptors (Lipinski definition) is 8. The Kier molecular flexibility index (Phi) is 7.58. The molecule has 1 heterocycles. The highest BCUT2D eigenvalue weighted by Gasteiger charge is 2.40. The maximum absolute atomic E-state index is 14.1. The van der Waals surface area contributed by atoms with Crippen molar-refractivity contribution in [1.29, 1.82) is 0 Å². The van der Waals surface area contributed by atoms with E-state index in [1.165, 1.54) is 12.1 Å². The number of carbonyl (C=O) groups is 4. The molecule has 0 unspecified atom stereocenters. The first-order valence-corrected chi connectivity index (χ1v) is 13.3. The zero-order valence-corrected chi connectivity index (χ0v) is 23.7. The van der Waals surface area contributed by atoms with E-state index in [1.54, 1.807) is 59.7 Å². The average Bonchev–Trinajstić information content (AvgIpc) is 3.34. The van der Waals surface area contributed by atoms with Crippen molar-refractivity contribution in [3.63, 3.8) is 0 Å². The van der Waals surface area contributed by atoms with Gasteiger partial charge in [-0.05, 0) is 72.1 Å². The molecule has 0 atom stereocenters. The van der Waals surface area contributed by atoms with Crippen molar-refractivity contribution in [3.05, 3.63) is 58.1 Å². The molecule has 0 N–H and O–H groups in total. The minimum Gasteiger partial charge on any atom is -0.425 e. The lowest BCUT2D eigenvalue weighted by atomic mass is 9.81. The summed E-state index contributed by atoms with van der Waals surface area (Å²) in [5.41, 5.74) is -0.896. The molecule has 1 aliphatic heterocycles. The fourth-order valence-corrected chi connectivity index (χ4v) is 4.51. The van der Waals surface area contributed by atoms with Gasteiger partial charge in [0.15, 0.2) is 11.6 Å². The molecule has 0 bridgehead atoms. The van der Waals surface area contributed by atoms with Crippen LogP contribution in [0.5, 0.6) is 11.5 Å². The number of fused-ring (bicyclic) bond motifs is 2. The summed E-state index contributed by atoms with van der Waals surface area (Å²) < 4.78 is 23.2. The number of ketones is 2. The number of esters is 2. The van der Waals surface area contributed by atoms with Gasteiger partial charge in [-0.3, -0.25) is 19.2 Å². The van der Waals surface area contributed by atoms with Crippen LogP contribution in [-0.2, 0) is 25.5 Å². The van der Waals surface area contributed by atoms with Crippen LogP contribution in [0, 0.1) is 10.8 Å². The summed E-state index contributed by atoms with van der Waals surface area (Å²) in [6, 6.07) is 7.89. The summed E-state index contributed by atoms with van der Waals surface area (Å²) >= 11 is 0. The lowest BCUT2D eigenvalue weighted by Gasteiger charge is -2.28. The zero-order valence-electron chi connectivity index (χ0n) is 23.7. The van der Waals surface area contributed by atoms with E-state index in [1.807, 2.05) is 6.92 Å². The van der Waals surface area contributed by atoms with Crippen molar-refractivity contribution < 1.29 is 38.1 Å². The van der Waals surface area contributed by atoms with E-state index >= 15 is 0 Å². The van der Waals surface area contributed by atoms with E-state index in [4.69, 9.17) is 18.9 Å². The van der Waals surface area contributed by atoms with E-state index in [9.17, 15) is 19.2 Å². The normalized spacial score (nSPS) is 16.5. The maximum atomic E-state index is 14.1. The van der Waals surface area contributed by atoms with Crippen molar-refractivity contribution in [3.8, 4) is 11.5 Å². The van der Waals surface area contributed by atoms with Gasteiger partial charge in [-0.1, -0.05) is 25.1 Å². The first-order valence-electron chi connectivity index (χ1n) is 13.3. The summed E-state index contributed by atoms with van der Waals surface area (Å²) in [5.74, 6) is -2.78. The Bertz CT molecular complexity index is 1330. The quantitative estimate of drug-likeness (QED) is 0.303. The van der Waals surface area contributed by atoms with Gasteiger partial charge in [-0.25, -0.2) is 0 Å². The largest absolute Gasteiger partial charge is 0.425 e. The Morgan fingerprint density at radius 3 is 2.00 bits per heavy atom. The second-order valence-electron chi connectivity index (χ2n) is 12.1. The fraction of sp³-hybridized carbons (Fsp3) is 0.484. The zero-order chi connectivity index (χ0) is 28.8. The molecule has 4 rings (SSSR count). The van der Waals surface area contributed by atoms with Crippen LogP contribution in [-0.4, -0.2) is 42.5 Å². The highest BCUT2D eigenvalue weighted by atomic mass is 16.7. The molecule has 0 saturated carbocycles. The third-order valence-corrected chi connectivity index (χ3v) is 6.96. The first-order chi connectivity index (χ1) is 18.2. The molecule has 8 heteroatoms. The van der Waals surface area contributed by atoms with Crippen LogP contribution >= 0.6 is 0 Å². The van der Waals surface area contributed by atoms with Crippen molar-refractivity contribution in [2.45, 2.75) is 73.5 Å². The Balaban J connectivity index is 1.84. The highest BCUT2D eigenvalue weighted by Crippen LogP contribution is 2.41. The minimum absolute atomic E-state index is 0.00684. The number of aryl methyl sites for hydroxylation is 1. The summed E-state index contributed by atoms with van der Waals surface area (Å²) in [4.78, 5) is 53.5. The monoisotopic (exact) mass is 536 g/mol. The van der Waals surface area contributed by atoms with Crippen molar-refractivity contribution in [1.82, 2.24) is 0 Å². The first kappa shape index (κ1) is 28.6. The molecule has 1 saturated heterocycles. The molecular formula is C31H36O8. The van der Waals surface area contributed by atoms with Crippen LogP contribution in [0.15, 0.2) is 30.3 Å². The van der Waals surface area contributed by atoms with Gasteiger partial charge < -0.3 is 18.9 Å². The number of ether oxygens (including phenoxy) is 4.